The Bertz CT molecular complexity index is 222. The number of alkyl halides is 1. The number of halogens is 1. The van der Waals surface area contributed by atoms with Crippen LogP contribution in [0.3, 0.4) is 0 Å². The highest BCUT2D eigenvalue weighted by Gasteiger charge is 2.33. The van der Waals surface area contributed by atoms with Gasteiger partial charge < -0.3 is 4.90 Å². The molecule has 1 heterocycles. The fourth-order valence-electron chi connectivity index (χ4n) is 3.32. The van der Waals surface area contributed by atoms with Gasteiger partial charge in [-0.25, -0.2) is 4.39 Å². The van der Waals surface area contributed by atoms with Crippen molar-refractivity contribution in [1.29, 1.82) is 0 Å². The van der Waals surface area contributed by atoms with E-state index in [4.69, 9.17) is 5.73 Å². The predicted octanol–water partition coefficient (Wildman–Crippen LogP) is 1.11. The molecule has 0 aromatic heterocycles. The minimum absolute atomic E-state index is 0.248. The number of likely N-dealkylation sites (tertiary alicyclic amines) is 1. The van der Waals surface area contributed by atoms with Crippen molar-refractivity contribution >= 4 is 0 Å². The highest BCUT2D eigenvalue weighted by atomic mass is 19.1. The molecule has 2 nitrogen and oxygen atoms in total. The first-order valence-corrected chi connectivity index (χ1v) is 6.91. The fourth-order valence-corrected chi connectivity index (χ4v) is 3.32. The van der Waals surface area contributed by atoms with Crippen LogP contribution in [0.2, 0.25) is 0 Å². The maximum Gasteiger partial charge on any atom is 0.139 e. The normalized spacial score (nSPS) is 45.6. The summed E-state index contributed by atoms with van der Waals surface area (Å²) in [7, 11) is 0. The monoisotopic (exact) mass is 229 g/mol. The lowest BCUT2D eigenvalue weighted by Crippen LogP contribution is -3.19. The summed E-state index contributed by atoms with van der Waals surface area (Å²) in [5.74, 6) is 1.04. The maximum absolute atomic E-state index is 13.8. The molecule has 2 aliphatic rings. The zero-order chi connectivity index (χ0) is 11.5. The van der Waals surface area contributed by atoms with Gasteiger partial charge in [0, 0.05) is 12.3 Å². The SMILES string of the molecule is CC1CC[NH+](CC2CCCCC2F)C(N)C1. The molecule has 0 spiro atoms. The molecule has 1 saturated heterocycles. The van der Waals surface area contributed by atoms with Gasteiger partial charge in [0.15, 0.2) is 0 Å². The molecule has 0 aromatic carbocycles. The molecule has 16 heavy (non-hydrogen) atoms. The van der Waals surface area contributed by atoms with Crippen molar-refractivity contribution < 1.29 is 9.29 Å². The topological polar surface area (TPSA) is 30.5 Å². The van der Waals surface area contributed by atoms with Gasteiger partial charge in [0.05, 0.1) is 13.1 Å². The molecule has 94 valence electrons. The Balaban J connectivity index is 1.83. The van der Waals surface area contributed by atoms with Gasteiger partial charge in [0.2, 0.25) is 0 Å². The summed E-state index contributed by atoms with van der Waals surface area (Å²) in [4.78, 5) is 1.45. The van der Waals surface area contributed by atoms with Crippen LogP contribution >= 0.6 is 0 Å². The second-order valence-corrected chi connectivity index (χ2v) is 5.91. The summed E-state index contributed by atoms with van der Waals surface area (Å²) < 4.78 is 13.8. The molecular formula is C13H26FN2+. The van der Waals surface area contributed by atoms with Gasteiger partial charge in [-0.1, -0.05) is 19.8 Å². The lowest BCUT2D eigenvalue weighted by molar-refractivity contribution is -0.935. The van der Waals surface area contributed by atoms with Crippen LogP contribution in [0, 0.1) is 11.8 Å². The van der Waals surface area contributed by atoms with Gasteiger partial charge in [-0.3, -0.25) is 5.73 Å². The molecule has 1 aliphatic heterocycles. The second-order valence-electron chi connectivity index (χ2n) is 5.91. The average Bonchev–Trinajstić information content (AvgIpc) is 2.25. The van der Waals surface area contributed by atoms with Crippen molar-refractivity contribution in [3.8, 4) is 0 Å². The zero-order valence-electron chi connectivity index (χ0n) is 10.4. The van der Waals surface area contributed by atoms with Gasteiger partial charge in [-0.15, -0.1) is 0 Å². The number of nitrogens with one attached hydrogen (secondary N) is 1. The van der Waals surface area contributed by atoms with E-state index in [2.05, 4.69) is 6.92 Å². The number of quaternary nitrogens is 1. The van der Waals surface area contributed by atoms with E-state index in [1.165, 1.54) is 17.7 Å². The number of nitrogens with two attached hydrogens (primary N) is 1. The average molecular weight is 229 g/mol. The highest BCUT2D eigenvalue weighted by Crippen LogP contribution is 2.26. The molecular weight excluding hydrogens is 203 g/mol. The lowest BCUT2D eigenvalue weighted by Gasteiger charge is -2.36. The Hall–Kier alpha value is -0.150. The molecule has 0 amide bonds. The fraction of sp³-hybridized carbons (Fsp3) is 1.00. The smallest absolute Gasteiger partial charge is 0.139 e. The molecule has 5 atom stereocenters. The minimum atomic E-state index is -0.562. The van der Waals surface area contributed by atoms with Gasteiger partial charge >= 0.3 is 0 Å². The summed E-state index contributed by atoms with van der Waals surface area (Å²) in [5, 5.41) is 0. The van der Waals surface area contributed by atoms with Crippen LogP contribution in [-0.2, 0) is 0 Å². The number of hydrogen-bond acceptors (Lipinski definition) is 1. The third-order valence-electron chi connectivity index (χ3n) is 4.48. The molecule has 1 aliphatic carbocycles. The van der Waals surface area contributed by atoms with E-state index in [1.807, 2.05) is 0 Å². The third-order valence-corrected chi connectivity index (χ3v) is 4.48. The molecule has 0 bridgehead atoms. The molecule has 0 radical (unpaired) electrons. The Morgan fingerprint density at radius 1 is 1.25 bits per heavy atom. The Labute approximate surface area is 98.4 Å². The van der Waals surface area contributed by atoms with Crippen molar-refractivity contribution in [2.24, 2.45) is 17.6 Å². The first-order valence-electron chi connectivity index (χ1n) is 6.91. The van der Waals surface area contributed by atoms with Crippen LogP contribution in [-0.4, -0.2) is 25.4 Å². The van der Waals surface area contributed by atoms with E-state index in [9.17, 15) is 4.39 Å². The highest BCUT2D eigenvalue weighted by molar-refractivity contribution is 4.75. The van der Waals surface area contributed by atoms with Crippen molar-refractivity contribution in [2.45, 2.75) is 57.8 Å². The molecule has 3 heteroatoms. The molecule has 1 saturated carbocycles. The standard InChI is InChI=1S/C13H25FN2/c1-10-6-7-16(13(15)8-10)9-11-4-2-3-5-12(11)14/h10-13H,2-9,15H2,1H3/p+1. The van der Waals surface area contributed by atoms with E-state index in [0.717, 1.165) is 44.7 Å². The van der Waals surface area contributed by atoms with Crippen molar-refractivity contribution in [3.05, 3.63) is 0 Å². The number of hydrogen-bond donors (Lipinski definition) is 2. The Morgan fingerprint density at radius 2 is 2.00 bits per heavy atom. The van der Waals surface area contributed by atoms with Crippen LogP contribution in [0.15, 0.2) is 0 Å². The van der Waals surface area contributed by atoms with Gasteiger partial charge in [0.1, 0.15) is 12.3 Å². The van der Waals surface area contributed by atoms with E-state index in [0.29, 0.717) is 0 Å². The van der Waals surface area contributed by atoms with Gasteiger partial charge in [-0.2, -0.15) is 0 Å². The van der Waals surface area contributed by atoms with Crippen LogP contribution in [0.25, 0.3) is 0 Å². The minimum Gasteiger partial charge on any atom is -0.320 e. The van der Waals surface area contributed by atoms with Gasteiger partial charge in [0.25, 0.3) is 0 Å². The largest absolute Gasteiger partial charge is 0.320 e. The number of piperidine rings is 1. The Morgan fingerprint density at radius 3 is 2.69 bits per heavy atom. The zero-order valence-corrected chi connectivity index (χ0v) is 10.4. The summed E-state index contributed by atoms with van der Waals surface area (Å²) in [6, 6.07) is 0. The van der Waals surface area contributed by atoms with E-state index in [-0.39, 0.29) is 12.1 Å². The van der Waals surface area contributed by atoms with Crippen LogP contribution in [0.5, 0.6) is 0 Å². The molecule has 5 unspecified atom stereocenters. The predicted molar refractivity (Wildman–Crippen MR) is 63.9 cm³/mol. The quantitative estimate of drug-likeness (QED) is 0.730. The summed E-state index contributed by atoms with van der Waals surface area (Å²) in [6.45, 7) is 4.38. The summed E-state index contributed by atoms with van der Waals surface area (Å²) in [6.07, 6.45) is 6.20. The third kappa shape index (κ3) is 2.95. The van der Waals surface area contributed by atoms with E-state index >= 15 is 0 Å². The summed E-state index contributed by atoms with van der Waals surface area (Å²) in [5.41, 5.74) is 6.17. The first kappa shape index (κ1) is 12.3. The van der Waals surface area contributed by atoms with Crippen molar-refractivity contribution in [3.63, 3.8) is 0 Å². The first-order chi connectivity index (χ1) is 7.66. The van der Waals surface area contributed by atoms with E-state index < -0.39 is 6.17 Å². The van der Waals surface area contributed by atoms with Crippen LogP contribution < -0.4 is 10.6 Å². The van der Waals surface area contributed by atoms with Crippen LogP contribution in [0.4, 0.5) is 4.39 Å². The molecule has 2 fully saturated rings. The van der Waals surface area contributed by atoms with Crippen molar-refractivity contribution in [1.82, 2.24) is 0 Å². The van der Waals surface area contributed by atoms with E-state index in [1.54, 1.807) is 0 Å². The lowest BCUT2D eigenvalue weighted by atomic mass is 9.86. The number of rotatable bonds is 2. The second kappa shape index (κ2) is 5.46. The molecule has 2 rings (SSSR count). The van der Waals surface area contributed by atoms with Crippen molar-refractivity contribution in [2.75, 3.05) is 13.1 Å². The summed E-state index contributed by atoms with van der Waals surface area (Å²) >= 11 is 0. The van der Waals surface area contributed by atoms with Gasteiger partial charge in [-0.05, 0) is 25.2 Å². The Kier molecular flexibility index (Phi) is 4.20. The molecule has 3 N–H and O–H groups in total. The van der Waals surface area contributed by atoms with Crippen LogP contribution in [0.1, 0.15) is 45.4 Å². The maximum atomic E-state index is 13.8. The molecule has 0 aromatic rings.